The average Bonchev–Trinajstić information content (AvgIpc) is 2.62. The third-order valence-corrected chi connectivity index (χ3v) is 5.58. The van der Waals surface area contributed by atoms with Gasteiger partial charge in [0, 0.05) is 52.0 Å². The van der Waals surface area contributed by atoms with Crippen LogP contribution >= 0.6 is 0 Å². The maximum Gasteiger partial charge on any atom is 0.244 e. The molecule has 2 aromatic rings. The molecule has 0 spiro atoms. The minimum atomic E-state index is -3.61. The molecule has 1 fully saturated rings. The molecule has 1 aliphatic heterocycles. The van der Waals surface area contributed by atoms with Gasteiger partial charge in [-0.1, -0.05) is 0 Å². The van der Waals surface area contributed by atoms with E-state index in [9.17, 15) is 8.42 Å². The summed E-state index contributed by atoms with van der Waals surface area (Å²) in [7, 11) is 0.116. The van der Waals surface area contributed by atoms with E-state index in [0.717, 1.165) is 0 Å². The summed E-state index contributed by atoms with van der Waals surface area (Å²) < 4.78 is 32.7. The van der Waals surface area contributed by atoms with Gasteiger partial charge in [0.25, 0.3) is 0 Å². The van der Waals surface area contributed by atoms with E-state index in [1.165, 1.54) is 10.5 Å². The standard InChI is InChI=1S/C15H19N5O3S/c1-19(2)15-14(17-6-7-18-15)13-11-20(8-9-23-13)24(21,22)12-4-3-5-16-10-12/h3-7,10,13H,8-9,11H2,1-2H3. The fourth-order valence-corrected chi connectivity index (χ4v) is 3.96. The van der Waals surface area contributed by atoms with Crippen molar-refractivity contribution in [3.63, 3.8) is 0 Å². The van der Waals surface area contributed by atoms with E-state index in [1.807, 2.05) is 19.0 Å². The molecule has 0 bridgehead atoms. The number of hydrogen-bond donors (Lipinski definition) is 0. The van der Waals surface area contributed by atoms with Gasteiger partial charge in [0.1, 0.15) is 16.7 Å². The largest absolute Gasteiger partial charge is 0.369 e. The van der Waals surface area contributed by atoms with Crippen LogP contribution in [-0.4, -0.2) is 61.5 Å². The average molecular weight is 349 g/mol. The zero-order valence-corrected chi connectivity index (χ0v) is 14.3. The van der Waals surface area contributed by atoms with Gasteiger partial charge in [0.2, 0.25) is 10.0 Å². The number of anilines is 1. The SMILES string of the molecule is CN(C)c1nccnc1C1CN(S(=O)(=O)c2cccnc2)CCO1. The molecule has 1 unspecified atom stereocenters. The Bertz CT molecular complexity index is 798. The van der Waals surface area contributed by atoms with Crippen molar-refractivity contribution >= 4 is 15.8 Å². The first-order valence-electron chi connectivity index (χ1n) is 7.50. The highest BCUT2D eigenvalue weighted by molar-refractivity contribution is 7.89. The summed E-state index contributed by atoms with van der Waals surface area (Å²) in [6.07, 6.45) is 5.63. The van der Waals surface area contributed by atoms with Crippen molar-refractivity contribution in [2.75, 3.05) is 38.7 Å². The second-order valence-corrected chi connectivity index (χ2v) is 7.51. The van der Waals surface area contributed by atoms with Crippen molar-refractivity contribution in [2.24, 2.45) is 0 Å². The third kappa shape index (κ3) is 3.23. The topological polar surface area (TPSA) is 88.5 Å². The smallest absolute Gasteiger partial charge is 0.244 e. The van der Waals surface area contributed by atoms with Crippen LogP contribution in [0.2, 0.25) is 0 Å². The number of rotatable bonds is 4. The second kappa shape index (κ2) is 6.80. The Kier molecular flexibility index (Phi) is 4.74. The second-order valence-electron chi connectivity index (χ2n) is 5.57. The van der Waals surface area contributed by atoms with Gasteiger partial charge >= 0.3 is 0 Å². The zero-order chi connectivity index (χ0) is 17.2. The molecule has 0 saturated carbocycles. The van der Waals surface area contributed by atoms with Crippen LogP contribution in [0.4, 0.5) is 5.82 Å². The van der Waals surface area contributed by atoms with Crippen molar-refractivity contribution in [1.82, 2.24) is 19.3 Å². The summed E-state index contributed by atoms with van der Waals surface area (Å²) in [5.41, 5.74) is 0.633. The van der Waals surface area contributed by atoms with Gasteiger partial charge in [-0.25, -0.2) is 13.4 Å². The van der Waals surface area contributed by atoms with E-state index in [4.69, 9.17) is 4.74 Å². The van der Waals surface area contributed by atoms with E-state index in [0.29, 0.717) is 24.7 Å². The fourth-order valence-electron chi connectivity index (χ4n) is 2.57. The van der Waals surface area contributed by atoms with E-state index < -0.39 is 16.1 Å². The van der Waals surface area contributed by atoms with Crippen molar-refractivity contribution in [3.8, 4) is 0 Å². The van der Waals surface area contributed by atoms with Crippen LogP contribution in [0, 0.1) is 0 Å². The van der Waals surface area contributed by atoms with Gasteiger partial charge < -0.3 is 9.64 Å². The highest BCUT2D eigenvalue weighted by Crippen LogP contribution is 2.29. The van der Waals surface area contributed by atoms with E-state index >= 15 is 0 Å². The molecular formula is C15H19N5O3S. The Hall–Kier alpha value is -2.10. The lowest BCUT2D eigenvalue weighted by atomic mass is 10.2. The first kappa shape index (κ1) is 16.7. The fraction of sp³-hybridized carbons (Fsp3) is 0.400. The normalized spacial score (nSPS) is 19.2. The number of aromatic nitrogens is 3. The molecule has 9 heteroatoms. The van der Waals surface area contributed by atoms with Crippen molar-refractivity contribution in [3.05, 3.63) is 42.6 Å². The molecule has 1 saturated heterocycles. The predicted molar refractivity (Wildman–Crippen MR) is 88.0 cm³/mol. The molecule has 128 valence electrons. The minimum absolute atomic E-state index is 0.178. The number of morpholine rings is 1. The van der Waals surface area contributed by atoms with Gasteiger partial charge in [-0.05, 0) is 12.1 Å². The van der Waals surface area contributed by atoms with Gasteiger partial charge in [-0.15, -0.1) is 0 Å². The molecular weight excluding hydrogens is 330 g/mol. The quantitative estimate of drug-likeness (QED) is 0.803. The van der Waals surface area contributed by atoms with E-state index in [2.05, 4.69) is 15.0 Å². The number of ether oxygens (including phenoxy) is 1. The Morgan fingerprint density at radius 2 is 2.04 bits per heavy atom. The summed E-state index contributed by atoms with van der Waals surface area (Å²) in [5.74, 6) is 0.670. The lowest BCUT2D eigenvalue weighted by Crippen LogP contribution is -2.42. The lowest BCUT2D eigenvalue weighted by molar-refractivity contribution is -0.00481. The summed E-state index contributed by atoms with van der Waals surface area (Å²) in [6, 6.07) is 3.15. The maximum atomic E-state index is 12.8. The first-order chi connectivity index (χ1) is 11.5. The number of nitrogens with zero attached hydrogens (tertiary/aromatic N) is 5. The maximum absolute atomic E-state index is 12.8. The third-order valence-electron chi connectivity index (χ3n) is 3.74. The highest BCUT2D eigenvalue weighted by Gasteiger charge is 2.33. The molecule has 8 nitrogen and oxygen atoms in total. The number of pyridine rings is 1. The van der Waals surface area contributed by atoms with E-state index in [1.54, 1.807) is 30.7 Å². The minimum Gasteiger partial charge on any atom is -0.369 e. The molecule has 3 rings (SSSR count). The lowest BCUT2D eigenvalue weighted by Gasteiger charge is -2.32. The van der Waals surface area contributed by atoms with Crippen LogP contribution in [-0.2, 0) is 14.8 Å². The Labute approximate surface area is 141 Å². The molecule has 0 aromatic carbocycles. The van der Waals surface area contributed by atoms with Crippen LogP contribution in [0.25, 0.3) is 0 Å². The van der Waals surface area contributed by atoms with Gasteiger partial charge in [0.15, 0.2) is 5.82 Å². The Morgan fingerprint density at radius 3 is 2.75 bits per heavy atom. The highest BCUT2D eigenvalue weighted by atomic mass is 32.2. The van der Waals surface area contributed by atoms with Crippen molar-refractivity contribution in [1.29, 1.82) is 0 Å². The van der Waals surface area contributed by atoms with Crippen molar-refractivity contribution in [2.45, 2.75) is 11.0 Å². The molecule has 0 amide bonds. The Morgan fingerprint density at radius 1 is 1.25 bits per heavy atom. The number of sulfonamides is 1. The molecule has 0 N–H and O–H groups in total. The van der Waals surface area contributed by atoms with E-state index in [-0.39, 0.29) is 11.4 Å². The van der Waals surface area contributed by atoms with Crippen LogP contribution in [0.1, 0.15) is 11.8 Å². The zero-order valence-electron chi connectivity index (χ0n) is 13.5. The number of hydrogen-bond acceptors (Lipinski definition) is 7. The van der Waals surface area contributed by atoms with Crippen LogP contribution in [0.15, 0.2) is 41.8 Å². The molecule has 0 radical (unpaired) electrons. The van der Waals surface area contributed by atoms with Gasteiger partial charge in [-0.3, -0.25) is 9.97 Å². The molecule has 0 aliphatic carbocycles. The summed E-state index contributed by atoms with van der Waals surface area (Å²) in [5, 5.41) is 0. The van der Waals surface area contributed by atoms with Crippen LogP contribution in [0.5, 0.6) is 0 Å². The molecule has 3 heterocycles. The van der Waals surface area contributed by atoms with Gasteiger partial charge in [0.05, 0.1) is 6.61 Å². The Balaban J connectivity index is 1.88. The summed E-state index contributed by atoms with van der Waals surface area (Å²) in [6.45, 7) is 0.787. The summed E-state index contributed by atoms with van der Waals surface area (Å²) >= 11 is 0. The van der Waals surface area contributed by atoms with Crippen LogP contribution < -0.4 is 4.90 Å². The molecule has 1 atom stereocenters. The monoisotopic (exact) mass is 349 g/mol. The predicted octanol–water partition coefficient (Wildman–Crippen LogP) is 0.700. The first-order valence-corrected chi connectivity index (χ1v) is 8.94. The van der Waals surface area contributed by atoms with Crippen molar-refractivity contribution < 1.29 is 13.2 Å². The summed E-state index contributed by atoms with van der Waals surface area (Å²) in [4.78, 5) is 14.6. The van der Waals surface area contributed by atoms with Crippen LogP contribution in [0.3, 0.4) is 0 Å². The molecule has 24 heavy (non-hydrogen) atoms. The molecule has 2 aromatic heterocycles. The molecule has 1 aliphatic rings. The van der Waals surface area contributed by atoms with Gasteiger partial charge in [-0.2, -0.15) is 4.31 Å².